The van der Waals surface area contributed by atoms with Crippen molar-refractivity contribution in [2.75, 3.05) is 11.9 Å². The number of anilines is 1. The summed E-state index contributed by atoms with van der Waals surface area (Å²) in [6.45, 7) is 4.44. The molecule has 1 aliphatic heterocycles. The maximum atomic E-state index is 12.5. The van der Waals surface area contributed by atoms with Crippen molar-refractivity contribution in [1.29, 1.82) is 0 Å². The zero-order valence-corrected chi connectivity index (χ0v) is 13.4. The molecule has 0 radical (unpaired) electrons. The molecule has 0 spiro atoms. The fraction of sp³-hybridized carbons (Fsp3) is 0.500. The minimum atomic E-state index is -0.503. The van der Waals surface area contributed by atoms with Gasteiger partial charge >= 0.3 is 0 Å². The van der Waals surface area contributed by atoms with Crippen LogP contribution in [0.25, 0.3) is 0 Å². The molecule has 114 valence electrons. The third kappa shape index (κ3) is 3.66. The number of aromatic nitrogens is 1. The van der Waals surface area contributed by atoms with Gasteiger partial charge in [0.05, 0.1) is 10.0 Å². The average molecular weight is 330 g/mol. The van der Waals surface area contributed by atoms with E-state index in [0.29, 0.717) is 28.8 Å². The van der Waals surface area contributed by atoms with Gasteiger partial charge in [-0.05, 0) is 12.3 Å². The van der Waals surface area contributed by atoms with E-state index in [1.807, 2.05) is 13.8 Å². The molecule has 0 saturated carbocycles. The van der Waals surface area contributed by atoms with E-state index in [1.165, 1.54) is 12.3 Å². The van der Waals surface area contributed by atoms with Gasteiger partial charge in [0.1, 0.15) is 11.9 Å². The molecule has 1 fully saturated rings. The maximum absolute atomic E-state index is 12.5. The van der Waals surface area contributed by atoms with Gasteiger partial charge in [0.25, 0.3) is 0 Å². The molecule has 21 heavy (non-hydrogen) atoms. The lowest BCUT2D eigenvalue weighted by molar-refractivity contribution is -0.136. The Morgan fingerprint density at radius 2 is 2.10 bits per heavy atom. The van der Waals surface area contributed by atoms with Crippen molar-refractivity contribution in [3.8, 4) is 0 Å². The molecule has 0 aliphatic carbocycles. The standard InChI is InChI=1S/C14H17Cl2N3O2/c1-8(2)13(19-5-3-4-12(19)20)14(21)18-11-6-9(15)10(16)7-17-11/h6-8,13H,3-5H2,1-2H3,(H,17,18,21). The van der Waals surface area contributed by atoms with Crippen LogP contribution in [0.1, 0.15) is 26.7 Å². The summed E-state index contributed by atoms with van der Waals surface area (Å²) in [5, 5.41) is 3.35. The van der Waals surface area contributed by atoms with Crippen molar-refractivity contribution in [2.45, 2.75) is 32.7 Å². The number of likely N-dealkylation sites (tertiary alicyclic amines) is 1. The smallest absolute Gasteiger partial charge is 0.248 e. The van der Waals surface area contributed by atoms with Gasteiger partial charge in [-0.2, -0.15) is 0 Å². The van der Waals surface area contributed by atoms with Gasteiger partial charge < -0.3 is 10.2 Å². The summed E-state index contributed by atoms with van der Waals surface area (Å²) in [5.41, 5.74) is 0. The molecule has 2 rings (SSSR count). The van der Waals surface area contributed by atoms with Crippen molar-refractivity contribution in [1.82, 2.24) is 9.88 Å². The highest BCUT2D eigenvalue weighted by molar-refractivity contribution is 6.42. The molecular weight excluding hydrogens is 313 g/mol. The lowest BCUT2D eigenvalue weighted by atomic mass is 10.0. The molecule has 2 amide bonds. The minimum absolute atomic E-state index is 0.00909. The summed E-state index contributed by atoms with van der Waals surface area (Å²) in [6, 6.07) is 0.988. The summed E-state index contributed by atoms with van der Waals surface area (Å²) in [4.78, 5) is 30.0. The Hall–Kier alpha value is -1.33. The Kier molecular flexibility index (Phi) is 5.06. The van der Waals surface area contributed by atoms with E-state index in [-0.39, 0.29) is 17.7 Å². The maximum Gasteiger partial charge on any atom is 0.248 e. The lowest BCUT2D eigenvalue weighted by Crippen LogP contribution is -2.48. The third-order valence-electron chi connectivity index (χ3n) is 3.41. The molecule has 5 nitrogen and oxygen atoms in total. The highest BCUT2D eigenvalue weighted by atomic mass is 35.5. The normalized spacial score (nSPS) is 16.4. The first-order valence-electron chi connectivity index (χ1n) is 6.81. The predicted octanol–water partition coefficient (Wildman–Crippen LogP) is 2.97. The third-order valence-corrected chi connectivity index (χ3v) is 4.12. The first-order chi connectivity index (χ1) is 9.90. The molecule has 1 aromatic heterocycles. The van der Waals surface area contributed by atoms with Gasteiger partial charge in [0.15, 0.2) is 0 Å². The number of amides is 2. The van der Waals surface area contributed by atoms with Crippen molar-refractivity contribution in [3.05, 3.63) is 22.3 Å². The summed E-state index contributed by atoms with van der Waals surface area (Å²) >= 11 is 11.7. The Morgan fingerprint density at radius 1 is 1.38 bits per heavy atom. The number of carbonyl (C=O) groups excluding carboxylic acids is 2. The molecule has 2 heterocycles. The van der Waals surface area contributed by atoms with E-state index in [1.54, 1.807) is 4.90 Å². The molecule has 0 bridgehead atoms. The monoisotopic (exact) mass is 329 g/mol. The number of rotatable bonds is 4. The van der Waals surface area contributed by atoms with Crippen LogP contribution < -0.4 is 5.32 Å². The van der Waals surface area contributed by atoms with Gasteiger partial charge in [-0.3, -0.25) is 9.59 Å². The van der Waals surface area contributed by atoms with E-state index in [0.717, 1.165) is 6.42 Å². The van der Waals surface area contributed by atoms with Crippen LogP contribution in [0.15, 0.2) is 12.3 Å². The molecule has 0 aromatic carbocycles. The summed E-state index contributed by atoms with van der Waals surface area (Å²) in [5.74, 6) is 0.0959. The van der Waals surface area contributed by atoms with E-state index < -0.39 is 6.04 Å². The molecule has 1 unspecified atom stereocenters. The fourth-order valence-corrected chi connectivity index (χ4v) is 2.71. The minimum Gasteiger partial charge on any atom is -0.330 e. The molecule has 1 N–H and O–H groups in total. The highest BCUT2D eigenvalue weighted by Gasteiger charge is 2.35. The number of halogens is 2. The van der Waals surface area contributed by atoms with Crippen LogP contribution >= 0.6 is 23.2 Å². The zero-order valence-electron chi connectivity index (χ0n) is 11.9. The van der Waals surface area contributed by atoms with Gasteiger partial charge in [0, 0.05) is 25.2 Å². The summed E-state index contributed by atoms with van der Waals surface area (Å²) in [6.07, 6.45) is 2.67. The van der Waals surface area contributed by atoms with Crippen molar-refractivity contribution in [2.24, 2.45) is 5.92 Å². The van der Waals surface area contributed by atoms with Gasteiger partial charge in [-0.25, -0.2) is 4.98 Å². The number of nitrogens with zero attached hydrogens (tertiary/aromatic N) is 2. The molecule has 7 heteroatoms. The molecule has 1 atom stereocenters. The Morgan fingerprint density at radius 3 is 2.62 bits per heavy atom. The Labute approximate surface area is 133 Å². The van der Waals surface area contributed by atoms with Gasteiger partial charge in [-0.1, -0.05) is 37.0 Å². The second kappa shape index (κ2) is 6.62. The molecule has 1 aliphatic rings. The van der Waals surface area contributed by atoms with Crippen molar-refractivity contribution in [3.63, 3.8) is 0 Å². The number of carbonyl (C=O) groups is 2. The van der Waals surface area contributed by atoms with E-state index in [4.69, 9.17) is 23.2 Å². The van der Waals surface area contributed by atoms with Crippen LogP contribution in [-0.2, 0) is 9.59 Å². The largest absolute Gasteiger partial charge is 0.330 e. The van der Waals surface area contributed by atoms with Crippen LogP contribution in [0, 0.1) is 5.92 Å². The van der Waals surface area contributed by atoms with Crippen molar-refractivity contribution < 1.29 is 9.59 Å². The molecular formula is C14H17Cl2N3O2. The number of pyridine rings is 1. The first kappa shape index (κ1) is 16.0. The topological polar surface area (TPSA) is 62.3 Å². The quantitative estimate of drug-likeness (QED) is 0.923. The number of nitrogens with one attached hydrogen (secondary N) is 1. The Balaban J connectivity index is 2.15. The highest BCUT2D eigenvalue weighted by Crippen LogP contribution is 2.24. The van der Waals surface area contributed by atoms with Crippen LogP contribution in [0.2, 0.25) is 10.0 Å². The first-order valence-corrected chi connectivity index (χ1v) is 7.57. The molecule has 1 saturated heterocycles. The fourth-order valence-electron chi connectivity index (χ4n) is 2.45. The second-order valence-electron chi connectivity index (χ2n) is 5.35. The SMILES string of the molecule is CC(C)C(C(=O)Nc1cc(Cl)c(Cl)cn1)N1CCCC1=O. The number of hydrogen-bond donors (Lipinski definition) is 1. The van der Waals surface area contributed by atoms with Crippen LogP contribution in [0.3, 0.4) is 0 Å². The number of hydrogen-bond acceptors (Lipinski definition) is 3. The van der Waals surface area contributed by atoms with Gasteiger partial charge in [0.2, 0.25) is 11.8 Å². The lowest BCUT2D eigenvalue weighted by Gasteiger charge is -2.29. The summed E-state index contributed by atoms with van der Waals surface area (Å²) < 4.78 is 0. The van der Waals surface area contributed by atoms with Crippen LogP contribution in [0.5, 0.6) is 0 Å². The predicted molar refractivity (Wildman–Crippen MR) is 82.5 cm³/mol. The summed E-state index contributed by atoms with van der Waals surface area (Å²) in [7, 11) is 0. The van der Waals surface area contributed by atoms with Crippen LogP contribution in [0.4, 0.5) is 5.82 Å². The van der Waals surface area contributed by atoms with Crippen molar-refractivity contribution >= 4 is 40.8 Å². The van der Waals surface area contributed by atoms with E-state index >= 15 is 0 Å². The van der Waals surface area contributed by atoms with E-state index in [2.05, 4.69) is 10.3 Å². The second-order valence-corrected chi connectivity index (χ2v) is 6.17. The van der Waals surface area contributed by atoms with E-state index in [9.17, 15) is 9.59 Å². The van der Waals surface area contributed by atoms with Crippen LogP contribution in [-0.4, -0.2) is 34.3 Å². The molecule has 1 aromatic rings. The Bertz CT molecular complexity index is 563. The zero-order chi connectivity index (χ0) is 15.6. The average Bonchev–Trinajstić information content (AvgIpc) is 2.80. The van der Waals surface area contributed by atoms with Gasteiger partial charge in [-0.15, -0.1) is 0 Å².